The number of pyridine rings is 1. The van der Waals surface area contributed by atoms with Gasteiger partial charge < -0.3 is 10.1 Å². The second-order valence-electron chi connectivity index (χ2n) is 9.34. The van der Waals surface area contributed by atoms with Crippen LogP contribution in [-0.4, -0.2) is 51.8 Å². The number of aromatic nitrogens is 3. The van der Waals surface area contributed by atoms with E-state index in [1.54, 1.807) is 37.6 Å². The predicted octanol–water partition coefficient (Wildman–Crippen LogP) is 4.69. The van der Waals surface area contributed by atoms with Gasteiger partial charge in [0.1, 0.15) is 11.6 Å². The number of likely N-dealkylation sites (tertiary alicyclic amines) is 1. The maximum Gasteiger partial charge on any atom is 0.253 e. The Balaban J connectivity index is 1.16. The number of hydrogen-bond donors (Lipinski definition) is 1. The minimum absolute atomic E-state index is 0.113. The first kappa shape index (κ1) is 24.6. The third-order valence-corrected chi connectivity index (χ3v) is 6.84. The fourth-order valence-electron chi connectivity index (χ4n) is 4.81. The van der Waals surface area contributed by atoms with Gasteiger partial charge in [-0.15, -0.1) is 0 Å². The first-order valence-electron chi connectivity index (χ1n) is 12.4. The molecular weight excluding hydrogens is 469 g/mol. The second kappa shape index (κ2) is 10.9. The molecule has 0 atom stereocenters. The number of halogens is 1. The summed E-state index contributed by atoms with van der Waals surface area (Å²) < 4.78 is 20.7. The zero-order chi connectivity index (χ0) is 25.8. The lowest BCUT2D eigenvalue weighted by Gasteiger charge is -2.32. The Morgan fingerprint density at radius 1 is 1.05 bits per heavy atom. The highest BCUT2D eigenvalue weighted by molar-refractivity contribution is 5.94. The molecule has 1 aliphatic heterocycles. The quantitative estimate of drug-likeness (QED) is 0.399. The third-order valence-electron chi connectivity index (χ3n) is 6.84. The van der Waals surface area contributed by atoms with Gasteiger partial charge in [-0.25, -0.2) is 4.39 Å². The molecular formula is C29H30FN5O2. The maximum atomic E-state index is 13.5. The second-order valence-corrected chi connectivity index (χ2v) is 9.34. The molecule has 8 heteroatoms. The largest absolute Gasteiger partial charge is 0.497 e. The van der Waals surface area contributed by atoms with Gasteiger partial charge in [0, 0.05) is 55.6 Å². The van der Waals surface area contributed by atoms with Gasteiger partial charge in [-0.3, -0.25) is 19.4 Å². The van der Waals surface area contributed by atoms with E-state index in [1.165, 1.54) is 17.7 Å². The van der Waals surface area contributed by atoms with Crippen LogP contribution in [0.1, 0.15) is 28.8 Å². The minimum Gasteiger partial charge on any atom is -0.497 e. The summed E-state index contributed by atoms with van der Waals surface area (Å²) in [5, 5.41) is 7.64. The van der Waals surface area contributed by atoms with Crippen LogP contribution >= 0.6 is 0 Å². The number of amides is 1. The highest BCUT2D eigenvalue weighted by atomic mass is 19.1. The molecule has 0 radical (unpaired) electrons. The van der Waals surface area contributed by atoms with Crippen molar-refractivity contribution in [3.8, 4) is 28.3 Å². The molecule has 37 heavy (non-hydrogen) atoms. The molecule has 0 saturated carbocycles. The summed E-state index contributed by atoms with van der Waals surface area (Å²) in [5.74, 6) is 0.383. The van der Waals surface area contributed by atoms with E-state index in [0.717, 1.165) is 49.5 Å². The minimum atomic E-state index is -0.312. The number of nitrogens with zero attached hydrogens (tertiary/aromatic N) is 4. The smallest absolute Gasteiger partial charge is 0.253 e. The van der Waals surface area contributed by atoms with E-state index in [2.05, 4.69) is 32.4 Å². The number of carbonyl (C=O) groups is 1. The number of rotatable bonds is 7. The van der Waals surface area contributed by atoms with Gasteiger partial charge in [0.05, 0.1) is 30.3 Å². The number of aryl methyl sites for hydroxylation is 1. The molecule has 4 aromatic rings. The van der Waals surface area contributed by atoms with Crippen molar-refractivity contribution in [1.29, 1.82) is 0 Å². The molecule has 1 amide bonds. The number of nitrogens with one attached hydrogen (secondary N) is 1. The van der Waals surface area contributed by atoms with Crippen molar-refractivity contribution in [1.82, 2.24) is 25.0 Å². The van der Waals surface area contributed by atoms with Crippen LogP contribution in [0.25, 0.3) is 22.5 Å². The topological polar surface area (TPSA) is 72.3 Å². The SMILES string of the molecule is COc1ccc(-c2c(CN3CCC(NC(=O)c4ccc(-c5cccc(F)c5)nc4)CC3)cnn2C)cc1. The van der Waals surface area contributed by atoms with E-state index >= 15 is 0 Å². The average molecular weight is 500 g/mol. The van der Waals surface area contributed by atoms with Crippen molar-refractivity contribution >= 4 is 5.91 Å². The van der Waals surface area contributed by atoms with Crippen LogP contribution in [0.2, 0.25) is 0 Å². The third kappa shape index (κ3) is 5.70. The molecule has 0 unspecified atom stereocenters. The first-order chi connectivity index (χ1) is 18.0. The van der Waals surface area contributed by atoms with Crippen molar-refractivity contribution in [3.05, 3.63) is 90.0 Å². The van der Waals surface area contributed by atoms with Crippen molar-refractivity contribution in [3.63, 3.8) is 0 Å². The van der Waals surface area contributed by atoms with Gasteiger partial charge in [0.15, 0.2) is 0 Å². The van der Waals surface area contributed by atoms with Crippen LogP contribution in [0.4, 0.5) is 4.39 Å². The van der Waals surface area contributed by atoms with Gasteiger partial charge in [0.25, 0.3) is 5.91 Å². The van der Waals surface area contributed by atoms with E-state index < -0.39 is 0 Å². The van der Waals surface area contributed by atoms with Crippen LogP contribution in [0.5, 0.6) is 5.75 Å². The van der Waals surface area contributed by atoms with E-state index in [-0.39, 0.29) is 17.8 Å². The molecule has 1 N–H and O–H groups in total. The molecule has 2 aromatic carbocycles. The summed E-state index contributed by atoms with van der Waals surface area (Å²) in [6, 6.07) is 17.9. The molecule has 7 nitrogen and oxygen atoms in total. The predicted molar refractivity (Wildman–Crippen MR) is 141 cm³/mol. The van der Waals surface area contributed by atoms with Crippen LogP contribution in [0.3, 0.4) is 0 Å². The molecule has 2 aromatic heterocycles. The molecule has 1 saturated heterocycles. The number of piperidine rings is 1. The van der Waals surface area contributed by atoms with E-state index in [4.69, 9.17) is 4.74 Å². The van der Waals surface area contributed by atoms with Crippen LogP contribution in [0.15, 0.2) is 73.1 Å². The Morgan fingerprint density at radius 2 is 1.84 bits per heavy atom. The summed E-state index contributed by atoms with van der Waals surface area (Å²) in [5.41, 5.74) is 5.21. The molecule has 190 valence electrons. The fourth-order valence-corrected chi connectivity index (χ4v) is 4.81. The van der Waals surface area contributed by atoms with E-state index in [0.29, 0.717) is 16.8 Å². The summed E-state index contributed by atoms with van der Waals surface area (Å²) in [6.07, 6.45) is 5.24. The normalized spacial score (nSPS) is 14.5. The van der Waals surface area contributed by atoms with Crippen LogP contribution in [-0.2, 0) is 13.6 Å². The summed E-state index contributed by atoms with van der Waals surface area (Å²) in [4.78, 5) is 19.6. The van der Waals surface area contributed by atoms with Gasteiger partial charge in [-0.1, -0.05) is 12.1 Å². The zero-order valence-electron chi connectivity index (χ0n) is 21.0. The molecule has 0 bridgehead atoms. The summed E-state index contributed by atoms with van der Waals surface area (Å²) >= 11 is 0. The van der Waals surface area contributed by atoms with Crippen LogP contribution < -0.4 is 10.1 Å². The Hall–Kier alpha value is -4.04. The lowest BCUT2D eigenvalue weighted by Crippen LogP contribution is -2.44. The van der Waals surface area contributed by atoms with E-state index in [9.17, 15) is 9.18 Å². The fraction of sp³-hybridized carbons (Fsp3) is 0.276. The molecule has 0 aliphatic carbocycles. The van der Waals surface area contributed by atoms with Gasteiger partial charge in [-0.05, 0) is 61.4 Å². The Kier molecular flexibility index (Phi) is 7.28. The summed E-state index contributed by atoms with van der Waals surface area (Å²) in [7, 11) is 3.63. The van der Waals surface area contributed by atoms with Gasteiger partial charge in [-0.2, -0.15) is 5.10 Å². The number of hydrogen-bond acceptors (Lipinski definition) is 5. The van der Waals surface area contributed by atoms with Crippen molar-refractivity contribution < 1.29 is 13.9 Å². The van der Waals surface area contributed by atoms with Gasteiger partial charge in [0.2, 0.25) is 0 Å². The lowest BCUT2D eigenvalue weighted by molar-refractivity contribution is 0.0908. The lowest BCUT2D eigenvalue weighted by atomic mass is 10.0. The number of ether oxygens (including phenoxy) is 1. The van der Waals surface area contributed by atoms with Crippen molar-refractivity contribution in [2.24, 2.45) is 7.05 Å². The average Bonchev–Trinajstić information content (AvgIpc) is 3.29. The highest BCUT2D eigenvalue weighted by Crippen LogP contribution is 2.27. The maximum absolute atomic E-state index is 13.5. The van der Waals surface area contributed by atoms with Crippen molar-refractivity contribution in [2.75, 3.05) is 20.2 Å². The molecule has 1 fully saturated rings. The van der Waals surface area contributed by atoms with Gasteiger partial charge >= 0.3 is 0 Å². The summed E-state index contributed by atoms with van der Waals surface area (Å²) in [6.45, 7) is 2.58. The zero-order valence-corrected chi connectivity index (χ0v) is 21.0. The standard InChI is InChI=1S/C29H30FN5O2/c1-34-28(20-6-9-26(37-2)10-7-20)23(18-32-34)19-35-14-12-25(13-15-35)33-29(36)22-8-11-27(31-17-22)21-4-3-5-24(30)16-21/h3-11,16-18,25H,12-15,19H2,1-2H3,(H,33,36). The number of methoxy groups -OCH3 is 1. The molecule has 1 aliphatic rings. The highest BCUT2D eigenvalue weighted by Gasteiger charge is 2.23. The van der Waals surface area contributed by atoms with Crippen molar-refractivity contribution in [2.45, 2.75) is 25.4 Å². The molecule has 5 rings (SSSR count). The monoisotopic (exact) mass is 499 g/mol. The van der Waals surface area contributed by atoms with E-state index in [1.807, 2.05) is 30.1 Å². The Bertz CT molecular complexity index is 1360. The molecule has 3 heterocycles. The first-order valence-corrected chi connectivity index (χ1v) is 12.4. The number of carbonyl (C=O) groups excluding carboxylic acids is 1. The van der Waals surface area contributed by atoms with Crippen LogP contribution in [0, 0.1) is 5.82 Å². The Labute approximate surface area is 215 Å². The Morgan fingerprint density at radius 3 is 2.51 bits per heavy atom. The molecule has 0 spiro atoms. The number of benzene rings is 2.